The number of para-hydroxylation sites is 1. The van der Waals surface area contributed by atoms with Crippen molar-refractivity contribution in [3.05, 3.63) is 59.2 Å². The van der Waals surface area contributed by atoms with Gasteiger partial charge in [0.25, 0.3) is 5.91 Å². The summed E-state index contributed by atoms with van der Waals surface area (Å²) in [5.41, 5.74) is 1.50. The Bertz CT molecular complexity index is 1040. The maximum atomic E-state index is 12.8. The normalized spacial score (nSPS) is 17.1. The number of ether oxygens (including phenoxy) is 2. The predicted molar refractivity (Wildman–Crippen MR) is 119 cm³/mol. The number of fused-ring (bicyclic) bond motifs is 1. The maximum Gasteiger partial charge on any atom is 0.255 e. The summed E-state index contributed by atoms with van der Waals surface area (Å²) in [4.78, 5) is 39.6. The Balaban J connectivity index is 1.35. The molecule has 2 aliphatic heterocycles. The van der Waals surface area contributed by atoms with Crippen molar-refractivity contribution in [2.24, 2.45) is 0 Å². The molecule has 2 aliphatic rings. The quantitative estimate of drug-likeness (QED) is 0.728. The second-order valence-corrected chi connectivity index (χ2v) is 8.47. The molecular weight excluding hydrogens is 408 g/mol. The molecule has 1 saturated heterocycles. The average Bonchev–Trinajstić information content (AvgIpc) is 2.94. The Kier molecular flexibility index (Phi) is 6.17. The predicted octanol–water partition coefficient (Wildman–Crippen LogP) is 3.15. The highest BCUT2D eigenvalue weighted by atomic mass is 16.5. The van der Waals surface area contributed by atoms with Gasteiger partial charge in [-0.1, -0.05) is 23.8 Å². The Labute approximate surface area is 187 Å². The van der Waals surface area contributed by atoms with E-state index in [1.165, 1.54) is 7.11 Å². The van der Waals surface area contributed by atoms with E-state index in [1.54, 1.807) is 23.1 Å². The van der Waals surface area contributed by atoms with Crippen LogP contribution in [0.1, 0.15) is 52.0 Å². The number of rotatable bonds is 5. The van der Waals surface area contributed by atoms with Gasteiger partial charge in [-0.25, -0.2) is 0 Å². The van der Waals surface area contributed by atoms with Crippen molar-refractivity contribution < 1.29 is 23.9 Å². The monoisotopic (exact) mass is 436 g/mol. The zero-order valence-electron chi connectivity index (χ0n) is 18.5. The second kappa shape index (κ2) is 9.02. The standard InChI is InChI=1S/C25H28N2O5/c1-17-7-9-21(31-2)19(15-17)20(28)8-10-23(29)27-13-11-25(12-14-27)16-26-24(30)18-5-3-4-6-22(18)32-25/h3-7,9,15H,8,10-14,16H2,1-2H3,(H,26,30). The van der Waals surface area contributed by atoms with Gasteiger partial charge in [0, 0.05) is 38.8 Å². The summed E-state index contributed by atoms with van der Waals surface area (Å²) in [5, 5.41) is 2.96. The van der Waals surface area contributed by atoms with Crippen LogP contribution in [0.15, 0.2) is 42.5 Å². The fourth-order valence-corrected chi connectivity index (χ4v) is 4.34. The number of methoxy groups -OCH3 is 1. The molecule has 4 rings (SSSR count). The number of aryl methyl sites for hydroxylation is 1. The zero-order valence-corrected chi connectivity index (χ0v) is 18.5. The maximum absolute atomic E-state index is 12.8. The summed E-state index contributed by atoms with van der Waals surface area (Å²) >= 11 is 0. The third-order valence-corrected chi connectivity index (χ3v) is 6.28. The number of piperidine rings is 1. The van der Waals surface area contributed by atoms with Crippen LogP contribution < -0.4 is 14.8 Å². The lowest BCUT2D eigenvalue weighted by Gasteiger charge is -2.41. The lowest BCUT2D eigenvalue weighted by Crippen LogP contribution is -2.54. The van der Waals surface area contributed by atoms with E-state index >= 15 is 0 Å². The molecule has 0 atom stereocenters. The third-order valence-electron chi connectivity index (χ3n) is 6.28. The Morgan fingerprint density at radius 3 is 2.62 bits per heavy atom. The van der Waals surface area contributed by atoms with Crippen LogP contribution in [0.2, 0.25) is 0 Å². The molecular formula is C25H28N2O5. The first-order valence-corrected chi connectivity index (χ1v) is 10.9. The van der Waals surface area contributed by atoms with Crippen LogP contribution in [0, 0.1) is 6.92 Å². The van der Waals surface area contributed by atoms with E-state index < -0.39 is 5.60 Å². The van der Waals surface area contributed by atoms with Crippen molar-refractivity contribution in [3.8, 4) is 11.5 Å². The molecule has 0 saturated carbocycles. The van der Waals surface area contributed by atoms with E-state index in [1.807, 2.05) is 31.2 Å². The molecule has 2 amide bonds. The highest BCUT2D eigenvalue weighted by molar-refractivity contribution is 6.00. The van der Waals surface area contributed by atoms with Crippen molar-refractivity contribution in [2.45, 2.75) is 38.2 Å². The van der Waals surface area contributed by atoms with E-state index in [9.17, 15) is 14.4 Å². The van der Waals surface area contributed by atoms with Gasteiger partial charge in [-0.2, -0.15) is 0 Å². The Morgan fingerprint density at radius 1 is 1.12 bits per heavy atom. The summed E-state index contributed by atoms with van der Waals surface area (Å²) in [7, 11) is 1.53. The first-order chi connectivity index (χ1) is 15.4. The minimum absolute atomic E-state index is 0.0436. The van der Waals surface area contributed by atoms with Crippen LogP contribution in [-0.4, -0.2) is 54.8 Å². The van der Waals surface area contributed by atoms with E-state index in [-0.39, 0.29) is 30.4 Å². The molecule has 32 heavy (non-hydrogen) atoms. The van der Waals surface area contributed by atoms with E-state index in [0.717, 1.165) is 5.56 Å². The van der Waals surface area contributed by atoms with Gasteiger partial charge in [-0.3, -0.25) is 14.4 Å². The molecule has 7 nitrogen and oxygen atoms in total. The van der Waals surface area contributed by atoms with Gasteiger partial charge in [-0.15, -0.1) is 0 Å². The largest absolute Gasteiger partial charge is 0.496 e. The van der Waals surface area contributed by atoms with Crippen molar-refractivity contribution in [1.82, 2.24) is 10.2 Å². The van der Waals surface area contributed by atoms with Gasteiger partial charge in [0.2, 0.25) is 5.91 Å². The molecule has 0 bridgehead atoms. The van der Waals surface area contributed by atoms with Crippen molar-refractivity contribution >= 4 is 17.6 Å². The first-order valence-electron chi connectivity index (χ1n) is 10.9. The topological polar surface area (TPSA) is 84.9 Å². The number of amides is 2. The average molecular weight is 437 g/mol. The highest BCUT2D eigenvalue weighted by Gasteiger charge is 2.40. The van der Waals surface area contributed by atoms with Crippen LogP contribution in [0.25, 0.3) is 0 Å². The molecule has 1 fully saturated rings. The summed E-state index contributed by atoms with van der Waals surface area (Å²) in [5.74, 6) is 0.832. The number of carbonyl (C=O) groups excluding carboxylic acids is 3. The molecule has 2 heterocycles. The minimum Gasteiger partial charge on any atom is -0.496 e. The van der Waals surface area contributed by atoms with Crippen LogP contribution in [0.4, 0.5) is 0 Å². The van der Waals surface area contributed by atoms with Gasteiger partial charge in [0.05, 0.1) is 24.8 Å². The lowest BCUT2D eigenvalue weighted by atomic mass is 9.90. The third kappa shape index (κ3) is 4.47. The Morgan fingerprint density at radius 2 is 1.88 bits per heavy atom. The highest BCUT2D eigenvalue weighted by Crippen LogP contribution is 2.33. The molecule has 7 heteroatoms. The van der Waals surface area contributed by atoms with E-state index in [0.29, 0.717) is 55.1 Å². The number of hydrogen-bond acceptors (Lipinski definition) is 5. The summed E-state index contributed by atoms with van der Waals surface area (Å²) in [6.07, 6.45) is 1.53. The molecule has 0 aromatic heterocycles. The number of carbonyl (C=O) groups is 3. The van der Waals surface area contributed by atoms with Crippen LogP contribution in [-0.2, 0) is 4.79 Å². The van der Waals surface area contributed by atoms with Crippen molar-refractivity contribution in [2.75, 3.05) is 26.7 Å². The van der Waals surface area contributed by atoms with Gasteiger partial charge >= 0.3 is 0 Å². The van der Waals surface area contributed by atoms with Gasteiger partial charge in [-0.05, 0) is 31.2 Å². The number of benzene rings is 2. The van der Waals surface area contributed by atoms with E-state index in [2.05, 4.69) is 5.32 Å². The number of Topliss-reactive ketones (excluding diaryl/α,β-unsaturated/α-hetero) is 1. The fourth-order valence-electron chi connectivity index (χ4n) is 4.34. The number of nitrogens with zero attached hydrogens (tertiary/aromatic N) is 1. The van der Waals surface area contributed by atoms with Gasteiger partial charge in [0.15, 0.2) is 5.78 Å². The Hall–Kier alpha value is -3.35. The van der Waals surface area contributed by atoms with Crippen molar-refractivity contribution in [1.29, 1.82) is 0 Å². The molecule has 0 aliphatic carbocycles. The molecule has 1 spiro atoms. The number of likely N-dealkylation sites (tertiary alicyclic amines) is 1. The first kappa shape index (κ1) is 21.9. The molecule has 0 radical (unpaired) electrons. The van der Waals surface area contributed by atoms with Gasteiger partial charge in [0.1, 0.15) is 17.1 Å². The van der Waals surface area contributed by atoms with Crippen LogP contribution >= 0.6 is 0 Å². The molecule has 168 valence electrons. The number of ketones is 1. The number of hydrogen-bond donors (Lipinski definition) is 1. The van der Waals surface area contributed by atoms with Gasteiger partial charge < -0.3 is 19.7 Å². The zero-order chi connectivity index (χ0) is 22.7. The lowest BCUT2D eigenvalue weighted by molar-refractivity contribution is -0.134. The van der Waals surface area contributed by atoms with Crippen molar-refractivity contribution in [3.63, 3.8) is 0 Å². The molecule has 0 unspecified atom stereocenters. The summed E-state index contributed by atoms with van der Waals surface area (Å²) in [6, 6.07) is 12.7. The fraction of sp³-hybridized carbons (Fsp3) is 0.400. The smallest absolute Gasteiger partial charge is 0.255 e. The summed E-state index contributed by atoms with van der Waals surface area (Å²) in [6.45, 7) is 3.38. The number of nitrogens with one attached hydrogen (secondary N) is 1. The molecule has 2 aromatic rings. The molecule has 2 aromatic carbocycles. The molecule has 1 N–H and O–H groups in total. The minimum atomic E-state index is -0.524. The second-order valence-electron chi connectivity index (χ2n) is 8.47. The van der Waals surface area contributed by atoms with Crippen LogP contribution in [0.3, 0.4) is 0 Å². The summed E-state index contributed by atoms with van der Waals surface area (Å²) < 4.78 is 11.6. The van der Waals surface area contributed by atoms with E-state index in [4.69, 9.17) is 9.47 Å². The van der Waals surface area contributed by atoms with Crippen LogP contribution in [0.5, 0.6) is 11.5 Å². The SMILES string of the molecule is COc1ccc(C)cc1C(=O)CCC(=O)N1CCC2(CC1)CNC(=O)c1ccccc1O2.